The maximum atomic E-state index is 12.1. The van der Waals surface area contributed by atoms with Crippen molar-refractivity contribution in [2.24, 2.45) is 0 Å². The molecule has 1 aromatic carbocycles. The summed E-state index contributed by atoms with van der Waals surface area (Å²) in [4.78, 5) is 0. The largest absolute Gasteiger partial charge is 0.309 e. The highest BCUT2D eigenvalue weighted by Crippen LogP contribution is 2.18. The van der Waals surface area contributed by atoms with E-state index in [1.165, 1.54) is 16.7 Å². The Labute approximate surface area is 120 Å². The van der Waals surface area contributed by atoms with E-state index < -0.39 is 10.8 Å². The molecule has 0 fully saturated rings. The number of hydrogen-bond acceptors (Lipinski definition) is 2. The summed E-state index contributed by atoms with van der Waals surface area (Å²) in [6.45, 7) is 9.39. The smallest absolute Gasteiger partial charge is 0.0436 e. The second kappa shape index (κ2) is 8.49. The minimum atomic E-state index is -0.728. The molecule has 0 spiro atoms. The quantitative estimate of drug-likeness (QED) is 0.790. The van der Waals surface area contributed by atoms with E-state index >= 15 is 0 Å². The first kappa shape index (κ1) is 16.4. The van der Waals surface area contributed by atoms with Crippen LogP contribution < -0.4 is 5.32 Å². The van der Waals surface area contributed by atoms with Crippen LogP contribution in [0.25, 0.3) is 0 Å². The topological polar surface area (TPSA) is 29.1 Å². The zero-order chi connectivity index (χ0) is 14.3. The van der Waals surface area contributed by atoms with Crippen molar-refractivity contribution < 1.29 is 4.21 Å². The number of benzene rings is 1. The zero-order valence-electron chi connectivity index (χ0n) is 12.7. The van der Waals surface area contributed by atoms with Crippen molar-refractivity contribution in [2.75, 3.05) is 18.1 Å². The van der Waals surface area contributed by atoms with Crippen LogP contribution in [0.15, 0.2) is 18.2 Å². The molecular weight excluding hydrogens is 254 g/mol. The third-order valence-electron chi connectivity index (χ3n) is 3.18. The predicted octanol–water partition coefficient (Wildman–Crippen LogP) is 3.50. The molecule has 3 heteroatoms. The molecule has 2 nitrogen and oxygen atoms in total. The van der Waals surface area contributed by atoms with Gasteiger partial charge in [-0.2, -0.15) is 0 Å². The Kier molecular flexibility index (Phi) is 7.32. The maximum absolute atomic E-state index is 12.1. The van der Waals surface area contributed by atoms with Gasteiger partial charge in [0.05, 0.1) is 0 Å². The third-order valence-corrected chi connectivity index (χ3v) is 4.62. The average molecular weight is 281 g/mol. The fourth-order valence-corrected chi connectivity index (χ4v) is 3.76. The van der Waals surface area contributed by atoms with Gasteiger partial charge in [-0.25, -0.2) is 0 Å². The fourth-order valence-electron chi connectivity index (χ4n) is 2.31. The van der Waals surface area contributed by atoms with Crippen molar-refractivity contribution in [3.8, 4) is 0 Å². The lowest BCUT2D eigenvalue weighted by Gasteiger charge is -2.19. The molecule has 0 radical (unpaired) electrons. The van der Waals surface area contributed by atoms with Gasteiger partial charge in [-0.05, 0) is 32.4 Å². The van der Waals surface area contributed by atoms with Crippen LogP contribution in [0.4, 0.5) is 0 Å². The van der Waals surface area contributed by atoms with Gasteiger partial charge < -0.3 is 5.32 Å². The molecule has 0 aliphatic carbocycles. The summed E-state index contributed by atoms with van der Waals surface area (Å²) in [5.74, 6) is 1.54. The lowest BCUT2D eigenvalue weighted by molar-refractivity contribution is 0.593. The average Bonchev–Trinajstić information content (AvgIpc) is 2.34. The van der Waals surface area contributed by atoms with Gasteiger partial charge in [-0.3, -0.25) is 4.21 Å². The van der Waals surface area contributed by atoms with Crippen LogP contribution in [0, 0.1) is 13.8 Å². The van der Waals surface area contributed by atoms with E-state index in [9.17, 15) is 4.21 Å². The molecule has 0 heterocycles. The molecule has 0 aromatic heterocycles. The Balaban J connectivity index is 2.78. The van der Waals surface area contributed by atoms with Crippen molar-refractivity contribution in [2.45, 2.75) is 46.6 Å². The summed E-state index contributed by atoms with van der Waals surface area (Å²) in [6.07, 6.45) is 2.17. The molecular formula is C16H27NOS. The SMILES string of the molecule is CCCCS(=O)CC(NCC)c1cc(C)cc(C)c1. The standard InChI is InChI=1S/C16H27NOS/c1-5-7-8-19(18)12-16(17-6-2)15-10-13(3)9-14(4)11-15/h9-11,16-17H,5-8,12H2,1-4H3. The first-order valence-electron chi connectivity index (χ1n) is 7.23. The van der Waals surface area contributed by atoms with Crippen LogP contribution in [-0.2, 0) is 10.8 Å². The normalized spacial score (nSPS) is 14.3. The second-order valence-corrected chi connectivity index (χ2v) is 6.82. The van der Waals surface area contributed by atoms with Crippen molar-refractivity contribution in [3.63, 3.8) is 0 Å². The molecule has 2 unspecified atom stereocenters. The van der Waals surface area contributed by atoms with Crippen LogP contribution in [-0.4, -0.2) is 22.3 Å². The lowest BCUT2D eigenvalue weighted by Crippen LogP contribution is -2.27. The summed E-state index contributed by atoms with van der Waals surface area (Å²) in [5, 5.41) is 3.47. The molecule has 19 heavy (non-hydrogen) atoms. The monoisotopic (exact) mass is 281 g/mol. The summed E-state index contributed by atoms with van der Waals surface area (Å²) >= 11 is 0. The Hall–Kier alpha value is -0.670. The Morgan fingerprint density at radius 3 is 2.32 bits per heavy atom. The highest BCUT2D eigenvalue weighted by atomic mass is 32.2. The van der Waals surface area contributed by atoms with Gasteiger partial charge in [-0.15, -0.1) is 0 Å². The van der Waals surface area contributed by atoms with Gasteiger partial charge >= 0.3 is 0 Å². The predicted molar refractivity (Wildman–Crippen MR) is 85.1 cm³/mol. The molecule has 1 aromatic rings. The summed E-state index contributed by atoms with van der Waals surface area (Å²) in [6, 6.07) is 6.80. The highest BCUT2D eigenvalue weighted by molar-refractivity contribution is 7.85. The molecule has 2 atom stereocenters. The molecule has 0 aliphatic heterocycles. The summed E-state index contributed by atoms with van der Waals surface area (Å²) < 4.78 is 12.1. The Bertz CT molecular complexity index is 397. The van der Waals surface area contributed by atoms with Crippen LogP contribution >= 0.6 is 0 Å². The van der Waals surface area contributed by atoms with Gasteiger partial charge in [0.1, 0.15) is 0 Å². The molecule has 0 saturated carbocycles. The van der Waals surface area contributed by atoms with Gasteiger partial charge in [-0.1, -0.05) is 49.6 Å². The van der Waals surface area contributed by atoms with Crippen molar-refractivity contribution in [1.29, 1.82) is 0 Å². The fraction of sp³-hybridized carbons (Fsp3) is 0.625. The molecule has 0 aliphatic rings. The first-order chi connectivity index (χ1) is 9.06. The van der Waals surface area contributed by atoms with Crippen LogP contribution in [0.3, 0.4) is 0 Å². The highest BCUT2D eigenvalue weighted by Gasteiger charge is 2.14. The van der Waals surface area contributed by atoms with Gasteiger partial charge in [0.25, 0.3) is 0 Å². The van der Waals surface area contributed by atoms with E-state index in [1.807, 2.05) is 0 Å². The summed E-state index contributed by atoms with van der Waals surface area (Å²) in [5.41, 5.74) is 3.82. The number of nitrogens with one attached hydrogen (secondary N) is 1. The first-order valence-corrected chi connectivity index (χ1v) is 8.72. The third kappa shape index (κ3) is 5.87. The molecule has 1 N–H and O–H groups in total. The molecule has 0 saturated heterocycles. The van der Waals surface area contributed by atoms with Crippen molar-refractivity contribution in [1.82, 2.24) is 5.32 Å². The van der Waals surface area contributed by atoms with E-state index in [0.717, 1.165) is 30.9 Å². The van der Waals surface area contributed by atoms with Crippen molar-refractivity contribution >= 4 is 10.8 Å². The van der Waals surface area contributed by atoms with E-state index in [-0.39, 0.29) is 6.04 Å². The molecule has 1 rings (SSSR count). The number of rotatable bonds is 8. The van der Waals surface area contributed by atoms with Gasteiger partial charge in [0, 0.05) is 28.3 Å². The molecule has 108 valence electrons. The van der Waals surface area contributed by atoms with E-state index in [2.05, 4.69) is 51.2 Å². The van der Waals surface area contributed by atoms with Crippen molar-refractivity contribution in [3.05, 3.63) is 34.9 Å². The Morgan fingerprint density at radius 2 is 1.79 bits per heavy atom. The van der Waals surface area contributed by atoms with Gasteiger partial charge in [0.15, 0.2) is 0 Å². The minimum absolute atomic E-state index is 0.210. The van der Waals surface area contributed by atoms with Gasteiger partial charge in [0.2, 0.25) is 0 Å². The molecule has 0 amide bonds. The maximum Gasteiger partial charge on any atom is 0.0436 e. The zero-order valence-corrected chi connectivity index (χ0v) is 13.5. The van der Waals surface area contributed by atoms with Crippen LogP contribution in [0.1, 0.15) is 49.4 Å². The lowest BCUT2D eigenvalue weighted by atomic mass is 10.0. The second-order valence-electron chi connectivity index (χ2n) is 5.20. The van der Waals surface area contributed by atoms with E-state index in [4.69, 9.17) is 0 Å². The van der Waals surface area contributed by atoms with Crippen LogP contribution in [0.5, 0.6) is 0 Å². The minimum Gasteiger partial charge on any atom is -0.309 e. The number of aryl methyl sites for hydroxylation is 2. The Morgan fingerprint density at radius 1 is 1.16 bits per heavy atom. The number of unbranched alkanes of at least 4 members (excludes halogenated alkanes) is 1. The summed E-state index contributed by atoms with van der Waals surface area (Å²) in [7, 11) is -0.728. The number of hydrogen-bond donors (Lipinski definition) is 1. The van der Waals surface area contributed by atoms with Crippen LogP contribution in [0.2, 0.25) is 0 Å². The van der Waals surface area contributed by atoms with E-state index in [0.29, 0.717) is 0 Å². The van der Waals surface area contributed by atoms with E-state index in [1.54, 1.807) is 0 Å². The molecule has 0 bridgehead atoms.